The second-order valence-corrected chi connectivity index (χ2v) is 9.75. The highest BCUT2D eigenvalue weighted by atomic mass is 16.1. The van der Waals surface area contributed by atoms with Crippen LogP contribution in [0.1, 0.15) is 72.6 Å². The molecule has 0 aromatic rings. The Morgan fingerprint density at radius 1 is 1.28 bits per heavy atom. The molecule has 2 nitrogen and oxygen atoms in total. The lowest BCUT2D eigenvalue weighted by molar-refractivity contribution is -0.140. The fourth-order valence-electron chi connectivity index (χ4n) is 7.15. The van der Waals surface area contributed by atoms with Crippen LogP contribution in [0.5, 0.6) is 0 Å². The summed E-state index contributed by atoms with van der Waals surface area (Å²) in [6, 6.07) is 0. The second-order valence-electron chi connectivity index (χ2n) is 9.75. The molecule has 6 atom stereocenters. The minimum Gasteiger partial charge on any atom is -0.299 e. The summed E-state index contributed by atoms with van der Waals surface area (Å²) in [4.78, 5) is 17.2. The van der Waals surface area contributed by atoms with E-state index < -0.39 is 0 Å². The van der Waals surface area contributed by atoms with Crippen molar-refractivity contribution in [3.8, 4) is 0 Å². The molecule has 134 valence electrons. The fourth-order valence-corrected chi connectivity index (χ4v) is 7.15. The molecule has 0 aliphatic heterocycles. The zero-order valence-electron chi connectivity index (χ0n) is 16.2. The van der Waals surface area contributed by atoms with Crippen LogP contribution >= 0.6 is 0 Å². The van der Waals surface area contributed by atoms with Crippen LogP contribution in [0.3, 0.4) is 0 Å². The highest BCUT2D eigenvalue weighted by molar-refractivity contribution is 5.85. The number of rotatable bonds is 0. The molecule has 0 unspecified atom stereocenters. The molecule has 0 amide bonds. The highest BCUT2D eigenvalue weighted by Gasteiger charge is 2.60. The summed E-state index contributed by atoms with van der Waals surface area (Å²) in [5.41, 5.74) is 3.76. The average Bonchev–Trinajstić information content (AvgIpc) is 2.91. The molecule has 4 aliphatic carbocycles. The molecule has 3 fully saturated rings. The minimum absolute atomic E-state index is 0.0590. The number of allylic oxidation sites excluding steroid dienone is 4. The van der Waals surface area contributed by atoms with Gasteiger partial charge < -0.3 is 0 Å². The Kier molecular flexibility index (Phi) is 3.80. The molecule has 25 heavy (non-hydrogen) atoms. The molecular formula is C23H31NO. The standard InChI is InChI=1S/C23H31NO/c1-14-10-11-22(3)16(12-14)6-7-17-19-9-8-18(15(2)24-5)23(19,4)13-20(25)21(17)22/h6,14,17,19,21H,7-13H2,1-4H3/b18-15-/t14-,17-,19-,21+,22-,23+/m0/s1. The lowest BCUT2D eigenvalue weighted by Gasteiger charge is -2.56. The first-order chi connectivity index (χ1) is 11.8. The third kappa shape index (κ3) is 2.24. The Labute approximate surface area is 152 Å². The van der Waals surface area contributed by atoms with Gasteiger partial charge >= 0.3 is 0 Å². The van der Waals surface area contributed by atoms with E-state index in [4.69, 9.17) is 6.57 Å². The molecule has 2 heteroatoms. The molecule has 4 aliphatic rings. The predicted molar refractivity (Wildman–Crippen MR) is 101 cm³/mol. The molecule has 4 rings (SSSR count). The molecule has 0 N–H and O–H groups in total. The van der Waals surface area contributed by atoms with E-state index in [0.717, 1.165) is 24.5 Å². The van der Waals surface area contributed by atoms with Gasteiger partial charge in [-0.05, 0) is 74.0 Å². The normalized spacial score (nSPS) is 48.0. The summed E-state index contributed by atoms with van der Waals surface area (Å²) in [5.74, 6) is 2.55. The summed E-state index contributed by atoms with van der Waals surface area (Å²) in [6.45, 7) is 16.4. The maximum Gasteiger partial charge on any atom is 0.162 e. The van der Waals surface area contributed by atoms with Crippen LogP contribution in [0.25, 0.3) is 4.85 Å². The first-order valence-corrected chi connectivity index (χ1v) is 10.1. The van der Waals surface area contributed by atoms with Gasteiger partial charge in [0.1, 0.15) is 5.78 Å². The van der Waals surface area contributed by atoms with Crippen molar-refractivity contribution in [1.29, 1.82) is 0 Å². The van der Waals surface area contributed by atoms with Crippen LogP contribution in [-0.2, 0) is 4.79 Å². The van der Waals surface area contributed by atoms with Crippen molar-refractivity contribution in [2.45, 2.75) is 72.6 Å². The molecule has 0 radical (unpaired) electrons. The Bertz CT molecular complexity index is 723. The van der Waals surface area contributed by atoms with E-state index in [1.165, 1.54) is 31.3 Å². The number of ketones is 1. The lowest BCUT2D eigenvalue weighted by Crippen LogP contribution is -2.53. The van der Waals surface area contributed by atoms with Crippen LogP contribution in [0, 0.1) is 41.1 Å². The van der Waals surface area contributed by atoms with Crippen molar-refractivity contribution in [2.24, 2.45) is 34.5 Å². The fraction of sp³-hybridized carbons (Fsp3) is 0.739. The van der Waals surface area contributed by atoms with Gasteiger partial charge in [-0.25, -0.2) is 4.85 Å². The van der Waals surface area contributed by atoms with Crippen molar-refractivity contribution < 1.29 is 4.79 Å². The van der Waals surface area contributed by atoms with Crippen molar-refractivity contribution in [3.05, 3.63) is 34.3 Å². The van der Waals surface area contributed by atoms with E-state index in [9.17, 15) is 4.79 Å². The van der Waals surface area contributed by atoms with Gasteiger partial charge in [0.25, 0.3) is 0 Å². The molecule has 0 heterocycles. The van der Waals surface area contributed by atoms with E-state index in [1.54, 1.807) is 5.57 Å². The minimum atomic E-state index is -0.0590. The number of carbonyl (C=O) groups is 1. The maximum absolute atomic E-state index is 13.4. The zero-order valence-corrected chi connectivity index (χ0v) is 16.2. The molecule has 0 bridgehead atoms. The Morgan fingerprint density at radius 2 is 2.04 bits per heavy atom. The van der Waals surface area contributed by atoms with Crippen LogP contribution in [-0.4, -0.2) is 5.78 Å². The number of carbonyl (C=O) groups excluding carboxylic acids is 1. The molecule has 3 saturated carbocycles. The Morgan fingerprint density at radius 3 is 2.76 bits per heavy atom. The quantitative estimate of drug-likeness (QED) is 0.395. The third-order valence-corrected chi connectivity index (χ3v) is 8.43. The van der Waals surface area contributed by atoms with E-state index in [1.807, 2.05) is 6.92 Å². The highest BCUT2D eigenvalue weighted by Crippen LogP contribution is 2.65. The summed E-state index contributed by atoms with van der Waals surface area (Å²) in [6.07, 6.45) is 10.1. The molecule has 0 aromatic carbocycles. The number of fused-ring (bicyclic) bond motifs is 5. The largest absolute Gasteiger partial charge is 0.299 e. The smallest absolute Gasteiger partial charge is 0.162 e. The van der Waals surface area contributed by atoms with E-state index in [2.05, 4.69) is 31.7 Å². The number of hydrogen-bond acceptors (Lipinski definition) is 1. The van der Waals surface area contributed by atoms with Crippen molar-refractivity contribution in [1.82, 2.24) is 0 Å². The molecule has 0 aromatic heterocycles. The Balaban J connectivity index is 1.76. The molecule has 0 saturated heterocycles. The first kappa shape index (κ1) is 17.1. The topological polar surface area (TPSA) is 21.4 Å². The predicted octanol–water partition coefficient (Wildman–Crippen LogP) is 5.96. The SMILES string of the molecule is [C-]#[N+]/C(C)=C1/CC[C@H]2[C@@H]3CC=C4C[C@@H](C)CC[C@]4(C)[C@H]3C(=O)C[C@]12C. The first-order valence-electron chi connectivity index (χ1n) is 10.1. The van der Waals surface area contributed by atoms with Crippen LogP contribution in [0.15, 0.2) is 22.9 Å². The van der Waals surface area contributed by atoms with Gasteiger partial charge in [0.05, 0.1) is 6.57 Å². The van der Waals surface area contributed by atoms with Gasteiger partial charge in [-0.15, -0.1) is 0 Å². The van der Waals surface area contributed by atoms with Gasteiger partial charge in [0.2, 0.25) is 0 Å². The second kappa shape index (κ2) is 5.57. The summed E-state index contributed by atoms with van der Waals surface area (Å²) < 4.78 is 0. The van der Waals surface area contributed by atoms with Crippen molar-refractivity contribution >= 4 is 5.78 Å². The monoisotopic (exact) mass is 337 g/mol. The van der Waals surface area contributed by atoms with Gasteiger partial charge in [-0.2, -0.15) is 0 Å². The average molecular weight is 338 g/mol. The van der Waals surface area contributed by atoms with E-state index in [-0.39, 0.29) is 16.7 Å². The van der Waals surface area contributed by atoms with Crippen molar-refractivity contribution in [2.75, 3.05) is 0 Å². The summed E-state index contributed by atoms with van der Waals surface area (Å²) in [7, 11) is 0. The molecule has 0 spiro atoms. The maximum atomic E-state index is 13.4. The number of nitrogens with zero attached hydrogens (tertiary/aromatic N) is 1. The summed E-state index contributed by atoms with van der Waals surface area (Å²) in [5, 5.41) is 0. The van der Waals surface area contributed by atoms with Gasteiger partial charge in [0.15, 0.2) is 5.70 Å². The lowest BCUT2D eigenvalue weighted by atomic mass is 9.47. The number of Topliss-reactive ketones (excluding diaryl/α,β-unsaturated/α-hetero) is 1. The van der Waals surface area contributed by atoms with E-state index in [0.29, 0.717) is 24.0 Å². The Hall–Kier alpha value is -1.36. The number of hydrogen-bond donors (Lipinski definition) is 0. The van der Waals surface area contributed by atoms with Crippen molar-refractivity contribution in [3.63, 3.8) is 0 Å². The van der Waals surface area contributed by atoms with Crippen LogP contribution < -0.4 is 0 Å². The van der Waals surface area contributed by atoms with E-state index >= 15 is 0 Å². The van der Waals surface area contributed by atoms with Gasteiger partial charge in [-0.3, -0.25) is 4.79 Å². The third-order valence-electron chi connectivity index (χ3n) is 8.43. The van der Waals surface area contributed by atoms with Gasteiger partial charge in [-0.1, -0.05) is 38.0 Å². The van der Waals surface area contributed by atoms with Crippen LogP contribution in [0.2, 0.25) is 0 Å². The molecular weight excluding hydrogens is 306 g/mol. The van der Waals surface area contributed by atoms with Gasteiger partial charge in [0, 0.05) is 12.3 Å². The van der Waals surface area contributed by atoms with Crippen LogP contribution in [0.4, 0.5) is 0 Å². The zero-order chi connectivity index (χ0) is 18.0. The summed E-state index contributed by atoms with van der Waals surface area (Å²) >= 11 is 0.